The van der Waals surface area contributed by atoms with E-state index in [1.165, 1.54) is 42.0 Å². The molecule has 0 radical (unpaired) electrons. The van der Waals surface area contributed by atoms with E-state index in [0.29, 0.717) is 10.2 Å². The Morgan fingerprint density at radius 1 is 1.25 bits per heavy atom. The van der Waals surface area contributed by atoms with Crippen molar-refractivity contribution in [2.45, 2.75) is 18.4 Å². The highest BCUT2D eigenvalue weighted by Gasteiger charge is 2.18. The lowest BCUT2D eigenvalue weighted by Gasteiger charge is -2.04. The molecule has 1 aromatic heterocycles. The van der Waals surface area contributed by atoms with Gasteiger partial charge in [-0.2, -0.15) is 8.42 Å². The molecule has 0 aliphatic carbocycles. The van der Waals surface area contributed by atoms with Crippen LogP contribution >= 0.6 is 11.3 Å². The van der Waals surface area contributed by atoms with Crippen LogP contribution in [0.5, 0.6) is 0 Å². The second kappa shape index (κ2) is 7.52. The van der Waals surface area contributed by atoms with Gasteiger partial charge in [0.15, 0.2) is 0 Å². The highest BCUT2D eigenvalue weighted by molar-refractivity contribution is 7.90. The normalized spacial score (nSPS) is 12.3. The second-order valence-corrected chi connectivity index (χ2v) is 8.45. The number of sulfonamides is 1. The molecule has 0 saturated heterocycles. The van der Waals surface area contributed by atoms with Crippen LogP contribution in [0.3, 0.4) is 0 Å². The lowest BCUT2D eigenvalue weighted by atomic mass is 10.2. The van der Waals surface area contributed by atoms with E-state index < -0.39 is 20.9 Å². The largest absolute Gasteiger partial charge is 0.468 e. The number of carbonyl (C=O) groups is 1. The fourth-order valence-electron chi connectivity index (χ4n) is 2.46. The van der Waals surface area contributed by atoms with Crippen molar-refractivity contribution in [3.05, 3.63) is 62.9 Å². The van der Waals surface area contributed by atoms with Crippen molar-refractivity contribution in [3.63, 3.8) is 0 Å². The van der Waals surface area contributed by atoms with Crippen LogP contribution in [0.2, 0.25) is 0 Å². The number of hydrogen-bond acceptors (Lipinski definition) is 7. The molecule has 0 aliphatic heterocycles. The third-order valence-corrected chi connectivity index (χ3v) is 6.35. The molecule has 2 aromatic carbocycles. The van der Waals surface area contributed by atoms with Crippen LogP contribution in [-0.4, -0.2) is 31.0 Å². The maximum Gasteiger partial charge on any atom is 0.325 e. The highest BCUT2D eigenvalue weighted by atomic mass is 32.2. The first-order chi connectivity index (χ1) is 13.2. The van der Waals surface area contributed by atoms with Gasteiger partial charge in [-0.1, -0.05) is 29.0 Å². The summed E-state index contributed by atoms with van der Waals surface area (Å²) in [6.07, 6.45) is 0. The van der Waals surface area contributed by atoms with Gasteiger partial charge in [0.05, 0.1) is 27.1 Å². The van der Waals surface area contributed by atoms with Crippen LogP contribution in [-0.2, 0) is 26.1 Å². The minimum absolute atomic E-state index is 0.00570. The number of thiazole rings is 1. The first kappa shape index (κ1) is 19.7. The smallest absolute Gasteiger partial charge is 0.325 e. The summed E-state index contributed by atoms with van der Waals surface area (Å²) < 4.78 is 35.7. The van der Waals surface area contributed by atoms with Gasteiger partial charge in [0.2, 0.25) is 4.80 Å². The molecule has 146 valence electrons. The number of carbonyl (C=O) groups excluding carboxylic acids is 1. The Balaban J connectivity index is 2.24. The number of nitrogens with zero attached hydrogens (tertiary/aromatic N) is 3. The lowest BCUT2D eigenvalue weighted by Crippen LogP contribution is -2.22. The van der Waals surface area contributed by atoms with Crippen LogP contribution in [0.15, 0.2) is 51.8 Å². The van der Waals surface area contributed by atoms with E-state index in [1.807, 2.05) is 6.92 Å². The quantitative estimate of drug-likeness (QED) is 0.354. The van der Waals surface area contributed by atoms with E-state index in [9.17, 15) is 23.3 Å². The molecule has 1 heterocycles. The predicted octanol–water partition coefficient (Wildman–Crippen LogP) is 2.38. The average molecular weight is 421 g/mol. The Labute approximate surface area is 163 Å². The third kappa shape index (κ3) is 3.94. The number of rotatable bonds is 5. The Morgan fingerprint density at radius 2 is 1.93 bits per heavy atom. The summed E-state index contributed by atoms with van der Waals surface area (Å²) >= 11 is 0.938. The number of nitro groups is 1. The van der Waals surface area contributed by atoms with Crippen LogP contribution in [0.1, 0.15) is 5.56 Å². The number of fused-ring (bicyclic) bond motifs is 1. The molecule has 0 saturated carbocycles. The molecule has 3 rings (SSSR count). The Hall–Kier alpha value is -3.05. The Kier molecular flexibility index (Phi) is 5.29. The maximum absolute atomic E-state index is 12.7. The maximum atomic E-state index is 12.7. The van der Waals surface area contributed by atoms with E-state index in [2.05, 4.69) is 9.13 Å². The molecule has 3 aromatic rings. The third-order valence-electron chi connectivity index (χ3n) is 3.91. The van der Waals surface area contributed by atoms with E-state index in [1.54, 1.807) is 12.1 Å². The van der Waals surface area contributed by atoms with Gasteiger partial charge in [0.1, 0.15) is 6.54 Å². The van der Waals surface area contributed by atoms with Gasteiger partial charge in [-0.15, -0.1) is 4.40 Å². The number of benzene rings is 2. The number of non-ortho nitro benzene ring substituents is 1. The molecule has 0 fully saturated rings. The van der Waals surface area contributed by atoms with Gasteiger partial charge in [0, 0.05) is 12.1 Å². The first-order valence-corrected chi connectivity index (χ1v) is 10.2. The van der Waals surface area contributed by atoms with Crippen molar-refractivity contribution in [3.8, 4) is 0 Å². The molecule has 0 atom stereocenters. The van der Waals surface area contributed by atoms with Crippen molar-refractivity contribution < 1.29 is 22.9 Å². The van der Waals surface area contributed by atoms with Crippen LogP contribution in [0.4, 0.5) is 5.69 Å². The molecule has 0 aliphatic rings. The summed E-state index contributed by atoms with van der Waals surface area (Å²) in [5.41, 5.74) is 1.19. The predicted molar refractivity (Wildman–Crippen MR) is 102 cm³/mol. The summed E-state index contributed by atoms with van der Waals surface area (Å²) in [5, 5.41) is 11.0. The van der Waals surface area contributed by atoms with E-state index in [0.717, 1.165) is 16.9 Å². The van der Waals surface area contributed by atoms with Gasteiger partial charge in [-0.3, -0.25) is 14.9 Å². The summed E-state index contributed by atoms with van der Waals surface area (Å²) in [7, 11) is -2.83. The lowest BCUT2D eigenvalue weighted by molar-refractivity contribution is -0.384. The minimum Gasteiger partial charge on any atom is -0.468 e. The molecular weight excluding hydrogens is 406 g/mol. The van der Waals surface area contributed by atoms with Gasteiger partial charge in [0.25, 0.3) is 15.7 Å². The zero-order valence-electron chi connectivity index (χ0n) is 14.9. The van der Waals surface area contributed by atoms with Crippen molar-refractivity contribution in [1.29, 1.82) is 0 Å². The monoisotopic (exact) mass is 421 g/mol. The fourth-order valence-corrected chi connectivity index (χ4v) is 4.72. The van der Waals surface area contributed by atoms with Crippen molar-refractivity contribution >= 4 is 43.2 Å². The molecule has 9 nitrogen and oxygen atoms in total. The minimum atomic E-state index is -4.04. The van der Waals surface area contributed by atoms with E-state index >= 15 is 0 Å². The molecular formula is C17H15N3O6S2. The molecule has 0 bridgehead atoms. The summed E-state index contributed by atoms with van der Waals surface area (Å²) in [4.78, 5) is 22.3. The van der Waals surface area contributed by atoms with Gasteiger partial charge in [-0.25, -0.2) is 0 Å². The van der Waals surface area contributed by atoms with Crippen LogP contribution in [0, 0.1) is 17.0 Å². The van der Waals surface area contributed by atoms with Crippen molar-refractivity contribution in [2.75, 3.05) is 7.11 Å². The van der Waals surface area contributed by atoms with Gasteiger partial charge in [-0.05, 0) is 25.1 Å². The van der Waals surface area contributed by atoms with Crippen LogP contribution < -0.4 is 4.80 Å². The summed E-state index contributed by atoms with van der Waals surface area (Å²) in [6, 6.07) is 10.2. The Morgan fingerprint density at radius 3 is 2.54 bits per heavy atom. The Bertz CT molecular complexity index is 1240. The molecule has 28 heavy (non-hydrogen) atoms. The molecule has 0 amide bonds. The number of nitro benzene ring substituents is 1. The van der Waals surface area contributed by atoms with Crippen LogP contribution in [0.25, 0.3) is 10.2 Å². The number of methoxy groups -OCH3 is 1. The molecule has 0 unspecified atom stereocenters. The SMILES string of the molecule is COC(=O)Cn1c(=NS(=O)(=O)c2ccc(C)cc2)sc2cc([N+](=O)[O-])ccc21. The summed E-state index contributed by atoms with van der Waals surface area (Å²) in [5.74, 6) is -0.604. The molecule has 0 N–H and O–H groups in total. The van der Waals surface area contributed by atoms with Gasteiger partial charge < -0.3 is 9.30 Å². The number of ether oxygens (including phenoxy) is 1. The zero-order chi connectivity index (χ0) is 20.5. The van der Waals surface area contributed by atoms with Crippen molar-refractivity contribution in [1.82, 2.24) is 4.57 Å². The number of hydrogen-bond donors (Lipinski definition) is 0. The van der Waals surface area contributed by atoms with E-state index in [-0.39, 0.29) is 21.9 Å². The van der Waals surface area contributed by atoms with Gasteiger partial charge >= 0.3 is 5.97 Å². The first-order valence-electron chi connectivity index (χ1n) is 7.93. The second-order valence-electron chi connectivity index (χ2n) is 5.84. The number of aryl methyl sites for hydroxylation is 1. The number of esters is 1. The summed E-state index contributed by atoms with van der Waals surface area (Å²) in [6.45, 7) is 1.55. The number of aromatic nitrogens is 1. The average Bonchev–Trinajstić information content (AvgIpc) is 2.97. The van der Waals surface area contributed by atoms with E-state index in [4.69, 9.17) is 0 Å². The standard InChI is InChI=1S/C17H15N3O6S2/c1-11-3-6-13(7-4-11)28(24,25)18-17-19(10-16(21)26-2)14-8-5-12(20(22)23)9-15(14)27-17/h3-9H,10H2,1-2H3. The topological polar surface area (TPSA) is 121 Å². The highest BCUT2D eigenvalue weighted by Crippen LogP contribution is 2.24. The fraction of sp³-hybridized carbons (Fsp3) is 0.176. The zero-order valence-corrected chi connectivity index (χ0v) is 16.5. The van der Waals surface area contributed by atoms with Crippen molar-refractivity contribution in [2.24, 2.45) is 4.40 Å². The molecule has 11 heteroatoms. The molecule has 0 spiro atoms.